The molecule has 21 heavy (non-hydrogen) atoms. The molecule has 1 aliphatic rings. The van der Waals surface area contributed by atoms with E-state index in [1.165, 1.54) is 0 Å². The van der Waals surface area contributed by atoms with Crippen molar-refractivity contribution in [1.29, 1.82) is 0 Å². The van der Waals surface area contributed by atoms with Crippen molar-refractivity contribution in [3.05, 3.63) is 35.5 Å². The van der Waals surface area contributed by atoms with Gasteiger partial charge in [0.15, 0.2) is 0 Å². The topological polar surface area (TPSA) is 45.2 Å². The summed E-state index contributed by atoms with van der Waals surface area (Å²) in [5, 5.41) is 3.13. The number of rotatable bonds is 4. The number of allylic oxidation sites excluding steroid dienone is 1. The van der Waals surface area contributed by atoms with Crippen molar-refractivity contribution in [2.24, 2.45) is 0 Å². The second kappa shape index (κ2) is 7.25. The zero-order chi connectivity index (χ0) is 15.2. The fourth-order valence-corrected chi connectivity index (χ4v) is 2.66. The zero-order valence-corrected chi connectivity index (χ0v) is 13.2. The highest BCUT2D eigenvalue weighted by Gasteiger charge is 2.21. The Labute approximate surface area is 127 Å². The van der Waals surface area contributed by atoms with Gasteiger partial charge in [-0.2, -0.15) is 0 Å². The molecule has 2 rings (SSSR count). The minimum Gasteiger partial charge on any atom is -0.356 e. The van der Waals surface area contributed by atoms with Crippen LogP contribution in [0.15, 0.2) is 29.8 Å². The average molecular weight is 287 g/mol. The van der Waals surface area contributed by atoms with Crippen molar-refractivity contribution in [3.63, 3.8) is 0 Å². The predicted octanol–water partition coefficient (Wildman–Crippen LogP) is 2.83. The molecule has 2 heterocycles. The van der Waals surface area contributed by atoms with Crippen LogP contribution in [0.3, 0.4) is 0 Å². The van der Waals surface area contributed by atoms with Crippen molar-refractivity contribution >= 4 is 11.7 Å². The number of hydrogen-bond donors (Lipinski definition) is 1. The van der Waals surface area contributed by atoms with Crippen LogP contribution in [0.4, 0.5) is 5.82 Å². The van der Waals surface area contributed by atoms with Crippen LogP contribution in [0.2, 0.25) is 0 Å². The van der Waals surface area contributed by atoms with Gasteiger partial charge in [0.05, 0.1) is 0 Å². The van der Waals surface area contributed by atoms with Crippen LogP contribution in [0.5, 0.6) is 0 Å². The van der Waals surface area contributed by atoms with Crippen molar-refractivity contribution < 1.29 is 4.79 Å². The van der Waals surface area contributed by atoms with Gasteiger partial charge in [-0.3, -0.25) is 4.79 Å². The van der Waals surface area contributed by atoms with Crippen LogP contribution in [-0.4, -0.2) is 30.0 Å². The van der Waals surface area contributed by atoms with E-state index in [-0.39, 0.29) is 11.9 Å². The number of anilines is 1. The number of piperidine rings is 1. The highest BCUT2D eigenvalue weighted by molar-refractivity contribution is 5.92. The van der Waals surface area contributed by atoms with Gasteiger partial charge in [-0.25, -0.2) is 4.98 Å². The second-order valence-corrected chi connectivity index (χ2v) is 5.67. The molecule has 1 amide bonds. The fraction of sp³-hybridized carbons (Fsp3) is 0.529. The minimum atomic E-state index is 0.0731. The molecule has 0 atom stereocenters. The number of aryl methyl sites for hydroxylation is 1. The summed E-state index contributed by atoms with van der Waals surface area (Å²) in [6, 6.07) is 6.39. The SMILES string of the molecule is CCC=C(C)C(=O)NC1CCN(c2cccc(C)n2)CC1. The van der Waals surface area contributed by atoms with E-state index in [2.05, 4.69) is 21.3 Å². The van der Waals surface area contributed by atoms with E-state index in [9.17, 15) is 4.79 Å². The summed E-state index contributed by atoms with van der Waals surface area (Å²) in [6.45, 7) is 7.82. The maximum absolute atomic E-state index is 12.0. The Morgan fingerprint density at radius 3 is 2.76 bits per heavy atom. The third kappa shape index (κ3) is 4.31. The third-order valence-corrected chi connectivity index (χ3v) is 3.90. The molecule has 114 valence electrons. The molecule has 0 spiro atoms. The van der Waals surface area contributed by atoms with Gasteiger partial charge in [0.2, 0.25) is 5.91 Å². The number of nitrogens with one attached hydrogen (secondary N) is 1. The minimum absolute atomic E-state index is 0.0731. The number of aromatic nitrogens is 1. The Morgan fingerprint density at radius 1 is 1.43 bits per heavy atom. The van der Waals surface area contributed by atoms with E-state index in [1.807, 2.05) is 39.0 Å². The van der Waals surface area contributed by atoms with E-state index in [4.69, 9.17) is 0 Å². The lowest BCUT2D eigenvalue weighted by Crippen LogP contribution is -2.45. The summed E-state index contributed by atoms with van der Waals surface area (Å²) < 4.78 is 0. The first-order valence-electron chi connectivity index (χ1n) is 7.76. The Kier molecular flexibility index (Phi) is 5.37. The molecule has 4 heteroatoms. The highest BCUT2D eigenvalue weighted by atomic mass is 16.1. The largest absolute Gasteiger partial charge is 0.356 e. The van der Waals surface area contributed by atoms with Crippen LogP contribution >= 0.6 is 0 Å². The van der Waals surface area contributed by atoms with Crippen molar-refractivity contribution in [3.8, 4) is 0 Å². The predicted molar refractivity (Wildman–Crippen MR) is 86.4 cm³/mol. The number of carbonyl (C=O) groups is 1. The van der Waals surface area contributed by atoms with Crippen LogP contribution in [0, 0.1) is 6.92 Å². The van der Waals surface area contributed by atoms with Gasteiger partial charge in [0.1, 0.15) is 5.82 Å². The molecule has 0 saturated carbocycles. The molecule has 1 aromatic rings. The van der Waals surface area contributed by atoms with Crippen molar-refractivity contribution in [2.75, 3.05) is 18.0 Å². The summed E-state index contributed by atoms with van der Waals surface area (Å²) in [5.74, 6) is 1.12. The fourth-order valence-electron chi connectivity index (χ4n) is 2.66. The first kappa shape index (κ1) is 15.5. The van der Waals surface area contributed by atoms with Gasteiger partial charge in [0.25, 0.3) is 0 Å². The Balaban J connectivity index is 1.86. The Morgan fingerprint density at radius 2 is 2.14 bits per heavy atom. The molecule has 1 N–H and O–H groups in total. The lowest BCUT2D eigenvalue weighted by atomic mass is 10.0. The lowest BCUT2D eigenvalue weighted by molar-refractivity contribution is -0.118. The summed E-state index contributed by atoms with van der Waals surface area (Å²) in [6.07, 6.45) is 4.82. The number of carbonyl (C=O) groups excluding carboxylic acids is 1. The molecule has 0 unspecified atom stereocenters. The zero-order valence-electron chi connectivity index (χ0n) is 13.2. The normalized spacial score (nSPS) is 16.9. The van der Waals surface area contributed by atoms with E-state index in [0.717, 1.165) is 49.4 Å². The highest BCUT2D eigenvalue weighted by Crippen LogP contribution is 2.18. The van der Waals surface area contributed by atoms with E-state index >= 15 is 0 Å². The lowest BCUT2D eigenvalue weighted by Gasteiger charge is -2.33. The molecule has 1 fully saturated rings. The van der Waals surface area contributed by atoms with Gasteiger partial charge in [-0.15, -0.1) is 0 Å². The summed E-state index contributed by atoms with van der Waals surface area (Å²) >= 11 is 0. The number of nitrogens with zero attached hydrogens (tertiary/aromatic N) is 2. The van der Waals surface area contributed by atoms with Gasteiger partial charge >= 0.3 is 0 Å². The molecule has 0 aliphatic carbocycles. The van der Waals surface area contributed by atoms with Gasteiger partial charge in [-0.05, 0) is 45.2 Å². The number of pyridine rings is 1. The monoisotopic (exact) mass is 287 g/mol. The van der Waals surface area contributed by atoms with Gasteiger partial charge < -0.3 is 10.2 Å². The van der Waals surface area contributed by atoms with Gasteiger partial charge in [0, 0.05) is 30.4 Å². The molecular formula is C17H25N3O. The van der Waals surface area contributed by atoms with Crippen LogP contribution in [-0.2, 0) is 4.79 Å². The van der Waals surface area contributed by atoms with E-state index in [0.29, 0.717) is 0 Å². The molecule has 1 saturated heterocycles. The Bertz CT molecular complexity index is 517. The van der Waals surface area contributed by atoms with Crippen molar-refractivity contribution in [1.82, 2.24) is 10.3 Å². The Hall–Kier alpha value is -1.84. The molecule has 0 bridgehead atoms. The second-order valence-electron chi connectivity index (χ2n) is 5.67. The maximum Gasteiger partial charge on any atom is 0.246 e. The molecule has 4 nitrogen and oxygen atoms in total. The van der Waals surface area contributed by atoms with Crippen LogP contribution < -0.4 is 10.2 Å². The van der Waals surface area contributed by atoms with Crippen molar-refractivity contribution in [2.45, 2.75) is 46.1 Å². The summed E-state index contributed by atoms with van der Waals surface area (Å²) in [7, 11) is 0. The maximum atomic E-state index is 12.0. The first-order valence-corrected chi connectivity index (χ1v) is 7.76. The van der Waals surface area contributed by atoms with E-state index < -0.39 is 0 Å². The van der Waals surface area contributed by atoms with Gasteiger partial charge in [-0.1, -0.05) is 19.1 Å². The van der Waals surface area contributed by atoms with E-state index in [1.54, 1.807) is 0 Å². The summed E-state index contributed by atoms with van der Waals surface area (Å²) in [4.78, 5) is 18.9. The quantitative estimate of drug-likeness (QED) is 0.866. The molecule has 0 aromatic carbocycles. The van der Waals surface area contributed by atoms with Crippen LogP contribution in [0.25, 0.3) is 0 Å². The number of amides is 1. The third-order valence-electron chi connectivity index (χ3n) is 3.90. The number of hydrogen-bond acceptors (Lipinski definition) is 3. The average Bonchev–Trinajstić information content (AvgIpc) is 2.48. The molecule has 0 radical (unpaired) electrons. The molecule has 1 aromatic heterocycles. The molecule has 1 aliphatic heterocycles. The smallest absolute Gasteiger partial charge is 0.246 e. The molecular weight excluding hydrogens is 262 g/mol. The van der Waals surface area contributed by atoms with Crippen LogP contribution in [0.1, 0.15) is 38.8 Å². The summed E-state index contributed by atoms with van der Waals surface area (Å²) in [5.41, 5.74) is 1.86. The first-order chi connectivity index (χ1) is 10.1. The standard InChI is InChI=1S/C17H25N3O/c1-4-6-13(2)17(21)19-15-9-11-20(12-10-15)16-8-5-7-14(3)18-16/h5-8,15H,4,9-12H2,1-3H3,(H,19,21).